The fourth-order valence-electron chi connectivity index (χ4n) is 1.99. The lowest BCUT2D eigenvalue weighted by Crippen LogP contribution is -2.14. The molecule has 0 aliphatic heterocycles. The van der Waals surface area contributed by atoms with Crippen LogP contribution in [0.1, 0.15) is 24.0 Å². The summed E-state index contributed by atoms with van der Waals surface area (Å²) >= 11 is 0. The second-order valence-electron chi connectivity index (χ2n) is 4.41. The number of benzene rings is 2. The third-order valence-electron chi connectivity index (χ3n) is 2.98. The molecule has 0 aliphatic rings. The lowest BCUT2D eigenvalue weighted by molar-refractivity contribution is -0.143. The van der Waals surface area contributed by atoms with Gasteiger partial charge in [-0.15, -0.1) is 0 Å². The Morgan fingerprint density at radius 1 is 1.05 bits per heavy atom. The molecule has 1 unspecified atom stereocenters. The zero-order chi connectivity index (χ0) is 14.2. The van der Waals surface area contributed by atoms with E-state index in [1.807, 2.05) is 79.7 Å². The molecule has 1 atom stereocenters. The van der Waals surface area contributed by atoms with Gasteiger partial charge in [0.05, 0.1) is 6.61 Å². The van der Waals surface area contributed by atoms with E-state index in [0.29, 0.717) is 6.61 Å². The largest absolute Gasteiger partial charge is 0.465 e. The lowest BCUT2D eigenvalue weighted by Gasteiger charge is -2.12. The minimum Gasteiger partial charge on any atom is -0.465 e. The molecule has 0 saturated heterocycles. The highest BCUT2D eigenvalue weighted by Crippen LogP contribution is 2.20. The van der Waals surface area contributed by atoms with Gasteiger partial charge in [0.25, 0.3) is 0 Å². The van der Waals surface area contributed by atoms with E-state index in [1.54, 1.807) is 0 Å². The second-order valence-corrected chi connectivity index (χ2v) is 4.41. The van der Waals surface area contributed by atoms with Gasteiger partial charge in [-0.25, -0.2) is 0 Å². The Balaban J connectivity index is 2.23. The Morgan fingerprint density at radius 2 is 1.65 bits per heavy atom. The highest BCUT2D eigenvalue weighted by Gasteiger charge is 2.18. The van der Waals surface area contributed by atoms with Crippen LogP contribution in [0.2, 0.25) is 0 Å². The van der Waals surface area contributed by atoms with Crippen LogP contribution in [0.3, 0.4) is 0 Å². The van der Waals surface area contributed by atoms with Crippen LogP contribution in [0, 0.1) is 0 Å². The summed E-state index contributed by atoms with van der Waals surface area (Å²) in [5, 5.41) is 0. The van der Waals surface area contributed by atoms with E-state index in [-0.39, 0.29) is 11.9 Å². The van der Waals surface area contributed by atoms with E-state index < -0.39 is 0 Å². The first-order chi connectivity index (χ1) is 9.81. The third-order valence-corrected chi connectivity index (χ3v) is 2.98. The van der Waals surface area contributed by atoms with E-state index in [1.165, 1.54) is 0 Å². The highest BCUT2D eigenvalue weighted by atomic mass is 16.5. The van der Waals surface area contributed by atoms with E-state index in [4.69, 9.17) is 4.74 Å². The molecular formula is C18H18O2. The summed E-state index contributed by atoms with van der Waals surface area (Å²) in [6.45, 7) is 2.21. The smallest absolute Gasteiger partial charge is 0.317 e. The molecule has 0 aromatic heterocycles. The van der Waals surface area contributed by atoms with Crippen LogP contribution >= 0.6 is 0 Å². The maximum Gasteiger partial charge on any atom is 0.317 e. The molecule has 0 N–H and O–H groups in total. The van der Waals surface area contributed by atoms with Crippen LogP contribution in [0.4, 0.5) is 0 Å². The summed E-state index contributed by atoms with van der Waals surface area (Å²) in [5.74, 6) is -0.581. The number of esters is 1. The monoisotopic (exact) mass is 266 g/mol. The Morgan fingerprint density at radius 3 is 2.25 bits per heavy atom. The quantitative estimate of drug-likeness (QED) is 0.763. The molecule has 20 heavy (non-hydrogen) atoms. The fraction of sp³-hybridized carbons (Fsp3) is 0.167. The Kier molecular flexibility index (Phi) is 5.13. The Labute approximate surface area is 119 Å². The zero-order valence-electron chi connectivity index (χ0n) is 11.5. The molecule has 2 heteroatoms. The van der Waals surface area contributed by atoms with Crippen LogP contribution in [0.5, 0.6) is 0 Å². The Bertz CT molecular complexity index is 558. The average Bonchev–Trinajstić information content (AvgIpc) is 2.50. The molecule has 0 heterocycles. The number of carbonyl (C=O) groups is 1. The molecular weight excluding hydrogens is 248 g/mol. The van der Waals surface area contributed by atoms with Gasteiger partial charge in [-0.1, -0.05) is 72.8 Å². The van der Waals surface area contributed by atoms with Gasteiger partial charge in [0.2, 0.25) is 0 Å². The van der Waals surface area contributed by atoms with Gasteiger partial charge in [0.1, 0.15) is 5.92 Å². The molecule has 0 amide bonds. The predicted molar refractivity (Wildman–Crippen MR) is 81.3 cm³/mol. The fourth-order valence-corrected chi connectivity index (χ4v) is 1.99. The first-order valence-corrected chi connectivity index (χ1v) is 6.76. The zero-order valence-corrected chi connectivity index (χ0v) is 11.5. The summed E-state index contributed by atoms with van der Waals surface area (Å²) in [4.78, 5) is 12.1. The third kappa shape index (κ3) is 3.82. The standard InChI is InChI=1S/C18H18O2/c1-2-20-18(19)17(16-11-7-4-8-12-16)14-13-15-9-5-3-6-10-15/h3-14,17H,2H2,1H3/b14-13+. The minimum atomic E-state index is -0.364. The van der Waals surface area contributed by atoms with Crippen molar-refractivity contribution in [3.8, 4) is 0 Å². The van der Waals surface area contributed by atoms with Crippen LogP contribution in [-0.2, 0) is 9.53 Å². The van der Waals surface area contributed by atoms with Gasteiger partial charge in [-0.05, 0) is 18.1 Å². The van der Waals surface area contributed by atoms with Gasteiger partial charge in [-0.3, -0.25) is 4.79 Å². The molecule has 0 fully saturated rings. The van der Waals surface area contributed by atoms with Crippen molar-refractivity contribution < 1.29 is 9.53 Å². The van der Waals surface area contributed by atoms with Crippen LogP contribution in [-0.4, -0.2) is 12.6 Å². The van der Waals surface area contributed by atoms with Crippen molar-refractivity contribution in [3.63, 3.8) is 0 Å². The molecule has 2 nitrogen and oxygen atoms in total. The molecule has 0 aliphatic carbocycles. The molecule has 102 valence electrons. The predicted octanol–water partition coefficient (Wildman–Crippen LogP) is 4.05. The van der Waals surface area contributed by atoms with Crippen molar-refractivity contribution in [1.82, 2.24) is 0 Å². The van der Waals surface area contributed by atoms with Crippen LogP contribution in [0.25, 0.3) is 6.08 Å². The Hall–Kier alpha value is -2.35. The van der Waals surface area contributed by atoms with Crippen LogP contribution < -0.4 is 0 Å². The van der Waals surface area contributed by atoms with E-state index in [2.05, 4.69) is 0 Å². The van der Waals surface area contributed by atoms with Crippen molar-refractivity contribution >= 4 is 12.0 Å². The molecule has 0 radical (unpaired) electrons. The summed E-state index contributed by atoms with van der Waals surface area (Å²) in [5.41, 5.74) is 2.01. The van der Waals surface area contributed by atoms with E-state index in [0.717, 1.165) is 11.1 Å². The second kappa shape index (κ2) is 7.29. The lowest BCUT2D eigenvalue weighted by atomic mass is 9.98. The topological polar surface area (TPSA) is 26.3 Å². The summed E-state index contributed by atoms with van der Waals surface area (Å²) < 4.78 is 5.16. The molecule has 2 rings (SSSR count). The molecule has 0 spiro atoms. The first kappa shape index (κ1) is 14.1. The number of rotatable bonds is 5. The summed E-state index contributed by atoms with van der Waals surface area (Å²) in [7, 11) is 0. The number of hydrogen-bond acceptors (Lipinski definition) is 2. The first-order valence-electron chi connectivity index (χ1n) is 6.76. The average molecular weight is 266 g/mol. The minimum absolute atomic E-state index is 0.217. The van der Waals surface area contributed by atoms with Gasteiger partial charge in [0.15, 0.2) is 0 Å². The number of carbonyl (C=O) groups excluding carboxylic acids is 1. The maximum absolute atomic E-state index is 12.1. The van der Waals surface area contributed by atoms with Crippen molar-refractivity contribution in [2.75, 3.05) is 6.61 Å². The molecule has 2 aromatic carbocycles. The van der Waals surface area contributed by atoms with Crippen molar-refractivity contribution in [1.29, 1.82) is 0 Å². The van der Waals surface area contributed by atoms with Gasteiger partial charge < -0.3 is 4.74 Å². The van der Waals surface area contributed by atoms with Crippen molar-refractivity contribution in [2.24, 2.45) is 0 Å². The maximum atomic E-state index is 12.1. The van der Waals surface area contributed by atoms with Crippen LogP contribution in [0.15, 0.2) is 66.7 Å². The molecule has 0 bridgehead atoms. The summed E-state index contributed by atoms with van der Waals surface area (Å²) in [6, 6.07) is 19.6. The van der Waals surface area contributed by atoms with E-state index >= 15 is 0 Å². The number of hydrogen-bond donors (Lipinski definition) is 0. The number of ether oxygens (including phenoxy) is 1. The van der Waals surface area contributed by atoms with Crippen molar-refractivity contribution in [3.05, 3.63) is 77.9 Å². The molecule has 0 saturated carbocycles. The SMILES string of the molecule is CCOC(=O)C(/C=C/c1ccccc1)c1ccccc1. The van der Waals surface area contributed by atoms with Gasteiger partial charge >= 0.3 is 5.97 Å². The highest BCUT2D eigenvalue weighted by molar-refractivity contribution is 5.81. The van der Waals surface area contributed by atoms with Crippen molar-refractivity contribution in [2.45, 2.75) is 12.8 Å². The van der Waals surface area contributed by atoms with E-state index in [9.17, 15) is 4.79 Å². The van der Waals surface area contributed by atoms with Gasteiger partial charge in [0, 0.05) is 0 Å². The molecule has 2 aromatic rings. The summed E-state index contributed by atoms with van der Waals surface area (Å²) in [6.07, 6.45) is 3.84. The normalized spacial score (nSPS) is 12.2. The van der Waals surface area contributed by atoms with Gasteiger partial charge in [-0.2, -0.15) is 0 Å².